The normalized spacial score (nSPS) is 11.5. The lowest BCUT2D eigenvalue weighted by molar-refractivity contribution is 0.469. The summed E-state index contributed by atoms with van der Waals surface area (Å²) in [6.45, 7) is 3.39. The maximum Gasteiger partial charge on any atom is 0.206 e. The van der Waals surface area contributed by atoms with E-state index in [0.29, 0.717) is 11.1 Å². The van der Waals surface area contributed by atoms with E-state index in [4.69, 9.17) is 0 Å². The largest absolute Gasteiger partial charge is 0.508 e. The molecular weight excluding hydrogens is 328 g/mol. The van der Waals surface area contributed by atoms with Crippen LogP contribution in [0.2, 0.25) is 0 Å². The zero-order chi connectivity index (χ0) is 14.2. The second kappa shape index (κ2) is 4.98. The molecule has 2 aromatic rings. The first-order chi connectivity index (χ1) is 8.84. The van der Waals surface area contributed by atoms with E-state index in [1.807, 2.05) is 0 Å². The summed E-state index contributed by atoms with van der Waals surface area (Å²) in [5.74, 6) is 0.104. The summed E-state index contributed by atoms with van der Waals surface area (Å²) in [7, 11) is -3.56. The van der Waals surface area contributed by atoms with Crippen molar-refractivity contribution in [3.8, 4) is 5.75 Å². The molecule has 2 rings (SSSR count). The summed E-state index contributed by atoms with van der Waals surface area (Å²) in [5, 5.41) is 9.60. The summed E-state index contributed by atoms with van der Waals surface area (Å²) in [4.78, 5) is 0.467. The van der Waals surface area contributed by atoms with Gasteiger partial charge >= 0.3 is 0 Å². The summed E-state index contributed by atoms with van der Waals surface area (Å²) in [5.41, 5.74) is 1.15. The van der Waals surface area contributed by atoms with Crippen LogP contribution < -0.4 is 0 Å². The van der Waals surface area contributed by atoms with Crippen molar-refractivity contribution in [2.45, 2.75) is 23.6 Å². The second-order valence-corrected chi connectivity index (χ2v) is 7.12. The molecule has 3 nitrogen and oxygen atoms in total. The predicted octanol–water partition coefficient (Wildman–Crippen LogP) is 3.60. The molecule has 19 heavy (non-hydrogen) atoms. The predicted molar refractivity (Wildman–Crippen MR) is 77.2 cm³/mol. The Morgan fingerprint density at radius 1 is 0.947 bits per heavy atom. The molecule has 0 saturated heterocycles. The lowest BCUT2D eigenvalue weighted by Gasteiger charge is -2.11. The minimum absolute atomic E-state index is 0.104. The van der Waals surface area contributed by atoms with Crippen LogP contribution in [0.5, 0.6) is 5.75 Å². The SMILES string of the molecule is Cc1c(O)ccc(S(=O)(=O)c2ccc(Br)cc2)c1C. The Morgan fingerprint density at radius 2 is 1.53 bits per heavy atom. The summed E-state index contributed by atoms with van der Waals surface area (Å²) < 4.78 is 25.9. The third kappa shape index (κ3) is 2.53. The molecule has 0 saturated carbocycles. The van der Waals surface area contributed by atoms with Gasteiger partial charge in [0.25, 0.3) is 0 Å². The van der Waals surface area contributed by atoms with Crippen LogP contribution in [0.4, 0.5) is 0 Å². The van der Waals surface area contributed by atoms with E-state index >= 15 is 0 Å². The maximum atomic E-state index is 12.5. The average molecular weight is 341 g/mol. The molecule has 0 aliphatic rings. The van der Waals surface area contributed by atoms with Crippen LogP contribution in [0.25, 0.3) is 0 Å². The summed E-state index contributed by atoms with van der Waals surface area (Å²) in [6, 6.07) is 9.34. The van der Waals surface area contributed by atoms with Crippen LogP contribution in [-0.2, 0) is 9.84 Å². The Bertz CT molecular complexity index is 719. The molecule has 5 heteroatoms. The standard InChI is InChI=1S/C14H13BrO3S/c1-9-10(2)14(8-7-13(9)16)19(17,18)12-5-3-11(15)4-6-12/h3-8,16H,1-2H3. The number of hydrogen-bond acceptors (Lipinski definition) is 3. The zero-order valence-electron chi connectivity index (χ0n) is 10.5. The van der Waals surface area contributed by atoms with Crippen molar-refractivity contribution in [3.63, 3.8) is 0 Å². The van der Waals surface area contributed by atoms with Gasteiger partial charge < -0.3 is 5.11 Å². The van der Waals surface area contributed by atoms with Crippen LogP contribution in [-0.4, -0.2) is 13.5 Å². The summed E-state index contributed by atoms with van der Waals surface area (Å²) >= 11 is 3.28. The Morgan fingerprint density at radius 3 is 2.11 bits per heavy atom. The first-order valence-corrected chi connectivity index (χ1v) is 7.91. The van der Waals surface area contributed by atoms with Gasteiger partial charge in [-0.05, 0) is 61.4 Å². The quantitative estimate of drug-likeness (QED) is 0.908. The van der Waals surface area contributed by atoms with Gasteiger partial charge in [0, 0.05) is 4.47 Å². The van der Waals surface area contributed by atoms with E-state index in [0.717, 1.165) is 4.47 Å². The Labute approximate surface area is 121 Å². The molecule has 0 radical (unpaired) electrons. The van der Waals surface area contributed by atoms with Gasteiger partial charge in [0.1, 0.15) is 5.75 Å². The van der Waals surface area contributed by atoms with Crippen LogP contribution in [0, 0.1) is 13.8 Å². The molecule has 0 bridgehead atoms. The first-order valence-electron chi connectivity index (χ1n) is 5.64. The molecule has 0 spiro atoms. The smallest absolute Gasteiger partial charge is 0.206 e. The Balaban J connectivity index is 2.64. The van der Waals surface area contributed by atoms with Gasteiger partial charge in [0.05, 0.1) is 9.79 Å². The molecule has 0 fully saturated rings. The fourth-order valence-electron chi connectivity index (χ4n) is 1.81. The molecule has 0 unspecified atom stereocenters. The van der Waals surface area contributed by atoms with E-state index in [2.05, 4.69) is 15.9 Å². The van der Waals surface area contributed by atoms with Gasteiger partial charge in [0.2, 0.25) is 9.84 Å². The summed E-state index contributed by atoms with van der Waals surface area (Å²) in [6.07, 6.45) is 0. The highest BCUT2D eigenvalue weighted by molar-refractivity contribution is 9.10. The number of hydrogen-bond donors (Lipinski definition) is 1. The second-order valence-electron chi connectivity index (χ2n) is 4.29. The molecule has 0 amide bonds. The minimum Gasteiger partial charge on any atom is -0.508 e. The van der Waals surface area contributed by atoms with Gasteiger partial charge in [-0.2, -0.15) is 0 Å². The van der Waals surface area contributed by atoms with Crippen molar-refractivity contribution in [1.29, 1.82) is 0 Å². The lowest BCUT2D eigenvalue weighted by atomic mass is 10.1. The van der Waals surface area contributed by atoms with Crippen molar-refractivity contribution in [3.05, 3.63) is 52.0 Å². The lowest BCUT2D eigenvalue weighted by Crippen LogP contribution is -2.05. The molecule has 1 N–H and O–H groups in total. The fourth-order valence-corrected chi connectivity index (χ4v) is 3.63. The minimum atomic E-state index is -3.56. The van der Waals surface area contributed by atoms with Crippen LogP contribution in [0.15, 0.2) is 50.7 Å². The third-order valence-corrected chi connectivity index (χ3v) is 5.57. The Kier molecular flexibility index (Phi) is 3.69. The number of aromatic hydroxyl groups is 1. The van der Waals surface area contributed by atoms with Gasteiger partial charge in [-0.1, -0.05) is 15.9 Å². The van der Waals surface area contributed by atoms with Gasteiger partial charge in [-0.3, -0.25) is 0 Å². The highest BCUT2D eigenvalue weighted by Crippen LogP contribution is 2.30. The average Bonchev–Trinajstić information content (AvgIpc) is 2.36. The molecule has 2 aromatic carbocycles. The van der Waals surface area contributed by atoms with E-state index in [9.17, 15) is 13.5 Å². The van der Waals surface area contributed by atoms with E-state index in [1.165, 1.54) is 12.1 Å². The van der Waals surface area contributed by atoms with Crippen molar-refractivity contribution in [2.75, 3.05) is 0 Å². The number of phenolic OH excluding ortho intramolecular Hbond substituents is 1. The highest BCUT2D eigenvalue weighted by Gasteiger charge is 2.21. The van der Waals surface area contributed by atoms with Crippen LogP contribution in [0.1, 0.15) is 11.1 Å². The maximum absolute atomic E-state index is 12.5. The molecular formula is C14H13BrO3S. The topological polar surface area (TPSA) is 54.4 Å². The number of sulfone groups is 1. The molecule has 0 aromatic heterocycles. The molecule has 0 aliphatic carbocycles. The van der Waals surface area contributed by atoms with Crippen LogP contribution >= 0.6 is 15.9 Å². The first kappa shape index (κ1) is 14.1. The van der Waals surface area contributed by atoms with Crippen molar-refractivity contribution in [1.82, 2.24) is 0 Å². The fraction of sp³-hybridized carbons (Fsp3) is 0.143. The molecule has 0 atom stereocenters. The molecule has 0 heterocycles. The number of phenols is 1. The zero-order valence-corrected chi connectivity index (χ0v) is 12.9. The number of halogens is 1. The third-order valence-electron chi connectivity index (χ3n) is 3.12. The van der Waals surface area contributed by atoms with Gasteiger partial charge in [-0.25, -0.2) is 8.42 Å². The van der Waals surface area contributed by atoms with Gasteiger partial charge in [-0.15, -0.1) is 0 Å². The van der Waals surface area contributed by atoms with Crippen molar-refractivity contribution >= 4 is 25.8 Å². The Hall–Kier alpha value is -1.33. The molecule has 100 valence electrons. The van der Waals surface area contributed by atoms with Crippen molar-refractivity contribution in [2.24, 2.45) is 0 Å². The van der Waals surface area contributed by atoms with Crippen molar-refractivity contribution < 1.29 is 13.5 Å². The van der Waals surface area contributed by atoms with E-state index < -0.39 is 9.84 Å². The number of rotatable bonds is 2. The highest BCUT2D eigenvalue weighted by atomic mass is 79.9. The molecule has 0 aliphatic heterocycles. The number of benzene rings is 2. The van der Waals surface area contributed by atoms with E-state index in [1.54, 1.807) is 38.1 Å². The monoisotopic (exact) mass is 340 g/mol. The van der Waals surface area contributed by atoms with E-state index in [-0.39, 0.29) is 15.5 Å². The van der Waals surface area contributed by atoms with Crippen LogP contribution in [0.3, 0.4) is 0 Å². The van der Waals surface area contributed by atoms with Gasteiger partial charge in [0.15, 0.2) is 0 Å².